The standard InChI is InChI=1S/C25H27ClN6O5S/c1-37-15-14-31(25(34)27-19-4-2-18(26)3-5-19)16-23-28-22(17-38-23)24(33)30-12-10-29(11-13-30)20-6-8-21(9-7-20)32(35)36/h2-9,17H,10-16H2,1H3,(H,27,34). The van der Waals surface area contributed by atoms with Crippen molar-refractivity contribution in [2.75, 3.05) is 56.7 Å². The molecule has 0 radical (unpaired) electrons. The molecular weight excluding hydrogens is 532 g/mol. The Morgan fingerprint density at radius 2 is 1.82 bits per heavy atom. The van der Waals surface area contributed by atoms with Gasteiger partial charge in [0.1, 0.15) is 10.7 Å². The largest absolute Gasteiger partial charge is 0.383 e. The lowest BCUT2D eigenvalue weighted by Crippen LogP contribution is -2.48. The van der Waals surface area contributed by atoms with Gasteiger partial charge in [0.25, 0.3) is 11.6 Å². The molecule has 2 heterocycles. The Labute approximate surface area is 228 Å². The highest BCUT2D eigenvalue weighted by Gasteiger charge is 2.25. The van der Waals surface area contributed by atoms with Gasteiger partial charge in [0.15, 0.2) is 0 Å². The lowest BCUT2D eigenvalue weighted by atomic mass is 10.2. The van der Waals surface area contributed by atoms with E-state index in [1.165, 1.54) is 23.5 Å². The number of hydrogen-bond acceptors (Lipinski definition) is 8. The van der Waals surface area contributed by atoms with Crippen LogP contribution < -0.4 is 10.2 Å². The van der Waals surface area contributed by atoms with E-state index in [1.54, 1.807) is 58.7 Å². The van der Waals surface area contributed by atoms with Crippen LogP contribution in [0.2, 0.25) is 5.02 Å². The molecule has 3 aromatic rings. The van der Waals surface area contributed by atoms with Crippen LogP contribution in [-0.2, 0) is 11.3 Å². The molecule has 0 atom stereocenters. The number of rotatable bonds is 9. The molecule has 0 unspecified atom stereocenters. The zero-order chi connectivity index (χ0) is 27.1. The van der Waals surface area contributed by atoms with E-state index in [1.807, 2.05) is 0 Å². The number of piperazine rings is 1. The van der Waals surface area contributed by atoms with E-state index in [4.69, 9.17) is 16.3 Å². The van der Waals surface area contributed by atoms with E-state index < -0.39 is 4.92 Å². The first kappa shape index (κ1) is 27.3. The molecule has 1 saturated heterocycles. The third kappa shape index (κ3) is 6.97. The summed E-state index contributed by atoms with van der Waals surface area (Å²) in [6, 6.07) is 12.9. The van der Waals surface area contributed by atoms with Crippen LogP contribution in [0.5, 0.6) is 0 Å². The highest BCUT2D eigenvalue weighted by atomic mass is 35.5. The number of nitrogens with zero attached hydrogens (tertiary/aromatic N) is 5. The summed E-state index contributed by atoms with van der Waals surface area (Å²) < 4.78 is 5.16. The second kappa shape index (κ2) is 12.7. The summed E-state index contributed by atoms with van der Waals surface area (Å²) >= 11 is 7.25. The van der Waals surface area contributed by atoms with Crippen LogP contribution in [0.15, 0.2) is 53.9 Å². The number of aromatic nitrogens is 1. The summed E-state index contributed by atoms with van der Waals surface area (Å²) in [4.78, 5) is 46.3. The number of thiazole rings is 1. The van der Waals surface area contributed by atoms with Crippen LogP contribution in [-0.4, -0.2) is 78.1 Å². The van der Waals surface area contributed by atoms with Gasteiger partial charge in [-0.1, -0.05) is 11.6 Å². The second-order valence-electron chi connectivity index (χ2n) is 8.53. The third-order valence-electron chi connectivity index (χ3n) is 6.04. The molecule has 38 heavy (non-hydrogen) atoms. The quantitative estimate of drug-likeness (QED) is 0.306. The van der Waals surface area contributed by atoms with Gasteiger partial charge in [0.2, 0.25) is 0 Å². The molecule has 0 aliphatic carbocycles. The number of benzene rings is 2. The number of hydrogen-bond donors (Lipinski definition) is 1. The van der Waals surface area contributed by atoms with Crippen molar-refractivity contribution >= 4 is 51.9 Å². The SMILES string of the molecule is COCCN(Cc1nc(C(=O)N2CCN(c3ccc([N+](=O)[O-])cc3)CC2)cs1)C(=O)Nc1ccc(Cl)cc1. The number of carbonyl (C=O) groups excluding carboxylic acids is 2. The van der Waals surface area contributed by atoms with Crippen molar-refractivity contribution in [3.8, 4) is 0 Å². The summed E-state index contributed by atoms with van der Waals surface area (Å²) in [6.45, 7) is 3.16. The lowest BCUT2D eigenvalue weighted by Gasteiger charge is -2.35. The molecule has 1 aliphatic rings. The highest BCUT2D eigenvalue weighted by Crippen LogP contribution is 2.22. The molecule has 4 rings (SSSR count). The number of urea groups is 1. The number of nitro benzene ring substituents is 1. The van der Waals surface area contributed by atoms with Gasteiger partial charge in [-0.2, -0.15) is 0 Å². The van der Waals surface area contributed by atoms with Gasteiger partial charge in [-0.25, -0.2) is 9.78 Å². The maximum absolute atomic E-state index is 13.1. The van der Waals surface area contributed by atoms with Crippen LogP contribution in [0.4, 0.5) is 21.9 Å². The third-order valence-corrected chi connectivity index (χ3v) is 7.12. The van der Waals surface area contributed by atoms with Gasteiger partial charge >= 0.3 is 6.03 Å². The Morgan fingerprint density at radius 1 is 1.13 bits per heavy atom. The summed E-state index contributed by atoms with van der Waals surface area (Å²) in [6.07, 6.45) is 0. The smallest absolute Gasteiger partial charge is 0.322 e. The van der Waals surface area contributed by atoms with Gasteiger partial charge in [-0.3, -0.25) is 14.9 Å². The number of anilines is 2. The van der Waals surface area contributed by atoms with Crippen LogP contribution in [0.1, 0.15) is 15.5 Å². The molecular formula is C25H27ClN6O5S. The number of non-ortho nitro benzene ring substituents is 1. The Kier molecular flexibility index (Phi) is 9.10. The van der Waals surface area contributed by atoms with Gasteiger partial charge in [-0.05, 0) is 36.4 Å². The molecule has 0 bridgehead atoms. The van der Waals surface area contributed by atoms with Gasteiger partial charge in [0.05, 0.1) is 18.1 Å². The van der Waals surface area contributed by atoms with E-state index in [2.05, 4.69) is 15.2 Å². The Bertz CT molecular complexity index is 1260. The minimum Gasteiger partial charge on any atom is -0.383 e. The molecule has 11 nitrogen and oxygen atoms in total. The number of nitro groups is 1. The minimum absolute atomic E-state index is 0.0464. The zero-order valence-corrected chi connectivity index (χ0v) is 22.3. The molecule has 13 heteroatoms. The van der Waals surface area contributed by atoms with Crippen LogP contribution in [0.25, 0.3) is 0 Å². The monoisotopic (exact) mass is 558 g/mol. The molecule has 1 N–H and O–H groups in total. The summed E-state index contributed by atoms with van der Waals surface area (Å²) in [5.41, 5.74) is 1.89. The van der Waals surface area contributed by atoms with Crippen molar-refractivity contribution in [3.05, 3.63) is 79.7 Å². The molecule has 1 aromatic heterocycles. The first-order valence-electron chi connectivity index (χ1n) is 11.9. The van der Waals surface area contributed by atoms with Crippen molar-refractivity contribution < 1.29 is 19.2 Å². The zero-order valence-electron chi connectivity index (χ0n) is 20.7. The number of carbonyl (C=O) groups is 2. The summed E-state index contributed by atoms with van der Waals surface area (Å²) in [5, 5.41) is 16.6. The predicted molar refractivity (Wildman–Crippen MR) is 146 cm³/mol. The van der Waals surface area contributed by atoms with Crippen LogP contribution in [0, 0.1) is 10.1 Å². The molecule has 1 aliphatic heterocycles. The molecule has 1 fully saturated rings. The average Bonchev–Trinajstić information content (AvgIpc) is 3.40. The van der Waals surface area contributed by atoms with E-state index >= 15 is 0 Å². The molecule has 0 spiro atoms. The maximum Gasteiger partial charge on any atom is 0.322 e. The van der Waals surface area contributed by atoms with E-state index in [-0.39, 0.29) is 24.2 Å². The van der Waals surface area contributed by atoms with E-state index in [0.29, 0.717) is 60.7 Å². The second-order valence-corrected chi connectivity index (χ2v) is 9.91. The first-order valence-corrected chi connectivity index (χ1v) is 13.1. The van der Waals surface area contributed by atoms with Crippen LogP contribution in [0.3, 0.4) is 0 Å². The Morgan fingerprint density at radius 3 is 2.45 bits per heavy atom. The fraction of sp³-hybridized carbons (Fsp3) is 0.320. The topological polar surface area (TPSA) is 121 Å². The fourth-order valence-electron chi connectivity index (χ4n) is 3.95. The van der Waals surface area contributed by atoms with Gasteiger partial charge in [-0.15, -0.1) is 11.3 Å². The summed E-state index contributed by atoms with van der Waals surface area (Å²) in [7, 11) is 1.57. The Hall–Kier alpha value is -3.74. The van der Waals surface area contributed by atoms with Gasteiger partial charge in [0, 0.05) is 73.7 Å². The van der Waals surface area contributed by atoms with Crippen molar-refractivity contribution in [2.45, 2.75) is 6.54 Å². The number of halogens is 1. The normalized spacial score (nSPS) is 13.3. The number of nitrogens with one attached hydrogen (secondary N) is 1. The maximum atomic E-state index is 13.1. The lowest BCUT2D eigenvalue weighted by molar-refractivity contribution is -0.384. The first-order chi connectivity index (χ1) is 18.3. The van der Waals surface area contributed by atoms with Crippen molar-refractivity contribution in [1.29, 1.82) is 0 Å². The fourth-order valence-corrected chi connectivity index (χ4v) is 4.86. The number of amides is 3. The van der Waals surface area contributed by atoms with Crippen molar-refractivity contribution in [2.24, 2.45) is 0 Å². The predicted octanol–water partition coefficient (Wildman–Crippen LogP) is 4.35. The Balaban J connectivity index is 1.34. The van der Waals surface area contributed by atoms with Gasteiger partial charge < -0.3 is 24.8 Å². The van der Waals surface area contributed by atoms with Crippen LogP contribution >= 0.6 is 22.9 Å². The molecule has 2 aromatic carbocycles. The number of methoxy groups -OCH3 is 1. The van der Waals surface area contributed by atoms with E-state index in [9.17, 15) is 19.7 Å². The molecule has 200 valence electrons. The number of ether oxygens (including phenoxy) is 1. The highest BCUT2D eigenvalue weighted by molar-refractivity contribution is 7.09. The van der Waals surface area contributed by atoms with Crippen molar-refractivity contribution in [1.82, 2.24) is 14.8 Å². The van der Waals surface area contributed by atoms with Crippen molar-refractivity contribution in [3.63, 3.8) is 0 Å². The average molecular weight is 559 g/mol. The minimum atomic E-state index is -0.425. The molecule has 3 amide bonds. The summed E-state index contributed by atoms with van der Waals surface area (Å²) in [5.74, 6) is -0.162. The van der Waals surface area contributed by atoms with E-state index in [0.717, 1.165) is 5.69 Å². The molecule has 0 saturated carbocycles.